The second-order valence-corrected chi connectivity index (χ2v) is 11.8. The number of carbonyl (C=O) groups is 1. The van der Waals surface area contributed by atoms with E-state index >= 15 is 0 Å². The van der Waals surface area contributed by atoms with Gasteiger partial charge >= 0.3 is 5.97 Å². The minimum atomic E-state index is -0.860. The minimum absolute atomic E-state index is 0.114. The second-order valence-electron chi connectivity index (χ2n) is 11.8. The molecule has 0 aliphatic heterocycles. The van der Waals surface area contributed by atoms with Crippen molar-refractivity contribution in [1.82, 2.24) is 9.55 Å². The molecule has 1 aromatic heterocycles. The van der Waals surface area contributed by atoms with Gasteiger partial charge in [0, 0.05) is 18.3 Å². The van der Waals surface area contributed by atoms with Crippen molar-refractivity contribution < 1.29 is 23.4 Å². The van der Waals surface area contributed by atoms with E-state index < -0.39 is 17.8 Å². The summed E-state index contributed by atoms with van der Waals surface area (Å²) in [5.41, 5.74) is 1.08. The van der Waals surface area contributed by atoms with Gasteiger partial charge in [0.25, 0.3) is 0 Å². The van der Waals surface area contributed by atoms with Crippen LogP contribution in [0.5, 0.6) is 5.75 Å². The largest absolute Gasteiger partial charge is 0.494 e. The average molecular weight is 533 g/mol. The van der Waals surface area contributed by atoms with Crippen molar-refractivity contribution in [2.75, 3.05) is 20.8 Å². The topological polar surface area (TPSA) is 62.6 Å². The third-order valence-electron chi connectivity index (χ3n) is 7.50. The molecule has 0 N–H and O–H groups in total. The number of aromatic nitrogens is 2. The highest BCUT2D eigenvalue weighted by Gasteiger charge is 2.38. The molecule has 0 amide bonds. The molecule has 1 aromatic carbocycles. The van der Waals surface area contributed by atoms with Gasteiger partial charge in [-0.2, -0.15) is 0 Å². The van der Waals surface area contributed by atoms with Crippen molar-refractivity contribution in [3.63, 3.8) is 0 Å². The molecule has 0 saturated carbocycles. The van der Waals surface area contributed by atoms with Crippen LogP contribution in [0.3, 0.4) is 0 Å². The smallest absolute Gasteiger partial charge is 0.333 e. The lowest BCUT2D eigenvalue weighted by Crippen LogP contribution is -2.42. The fraction of sp³-hybridized carbons (Fsp3) is 0.677. The maximum absolute atomic E-state index is 14.5. The molecule has 6 nitrogen and oxygen atoms in total. The summed E-state index contributed by atoms with van der Waals surface area (Å²) in [5, 5.41) is 0. The lowest BCUT2D eigenvalue weighted by atomic mass is 9.69. The summed E-state index contributed by atoms with van der Waals surface area (Å²) < 4.78 is 32.8. The Hall–Kier alpha value is -2.41. The zero-order valence-electron chi connectivity index (χ0n) is 24.8. The Balaban J connectivity index is 2.12. The van der Waals surface area contributed by atoms with E-state index in [1.807, 2.05) is 0 Å². The number of esters is 1. The molecule has 7 heteroatoms. The first-order chi connectivity index (χ1) is 18.0. The molecule has 0 spiro atoms. The van der Waals surface area contributed by atoms with Gasteiger partial charge in [0.1, 0.15) is 0 Å². The van der Waals surface area contributed by atoms with Gasteiger partial charge in [-0.1, -0.05) is 72.3 Å². The van der Waals surface area contributed by atoms with Crippen molar-refractivity contribution in [3.8, 4) is 5.75 Å². The third kappa shape index (κ3) is 8.82. The van der Waals surface area contributed by atoms with Gasteiger partial charge in [-0.3, -0.25) is 0 Å². The Morgan fingerprint density at radius 3 is 2.34 bits per heavy atom. The summed E-state index contributed by atoms with van der Waals surface area (Å²) in [4.78, 5) is 17.1. The number of hydrogen-bond donors (Lipinski definition) is 0. The van der Waals surface area contributed by atoms with Crippen LogP contribution in [0.1, 0.15) is 104 Å². The van der Waals surface area contributed by atoms with Gasteiger partial charge in [-0.15, -0.1) is 0 Å². The van der Waals surface area contributed by atoms with Crippen molar-refractivity contribution in [3.05, 3.63) is 47.8 Å². The first kappa shape index (κ1) is 31.8. The Bertz CT molecular complexity index is 996. The number of carbonyl (C=O) groups excluding carboxylic acids is 1. The molecule has 214 valence electrons. The van der Waals surface area contributed by atoms with Gasteiger partial charge in [-0.05, 0) is 49.3 Å². The quantitative estimate of drug-likeness (QED) is 0.165. The highest BCUT2D eigenvalue weighted by atomic mass is 19.1. The summed E-state index contributed by atoms with van der Waals surface area (Å²) >= 11 is 0. The molecule has 0 radical (unpaired) electrons. The average Bonchev–Trinajstić information content (AvgIpc) is 3.30. The molecular formula is C31H49FN2O4. The number of ether oxygens (including phenoxy) is 3. The Labute approximate surface area is 229 Å². The molecule has 2 rings (SSSR count). The molecule has 2 atom stereocenters. The zero-order valence-corrected chi connectivity index (χ0v) is 24.8. The van der Waals surface area contributed by atoms with Crippen molar-refractivity contribution in [1.29, 1.82) is 0 Å². The molecule has 2 aromatic rings. The van der Waals surface area contributed by atoms with Crippen LogP contribution >= 0.6 is 0 Å². The lowest BCUT2D eigenvalue weighted by Gasteiger charge is -2.43. The third-order valence-corrected chi connectivity index (χ3v) is 7.50. The normalized spacial score (nSPS) is 13.8. The van der Waals surface area contributed by atoms with E-state index in [0.29, 0.717) is 24.5 Å². The van der Waals surface area contributed by atoms with E-state index in [1.54, 1.807) is 23.2 Å². The highest BCUT2D eigenvalue weighted by Crippen LogP contribution is 2.40. The van der Waals surface area contributed by atoms with Crippen LogP contribution in [0.15, 0.2) is 30.7 Å². The maximum atomic E-state index is 14.5. The summed E-state index contributed by atoms with van der Waals surface area (Å²) in [7, 11) is 2.73. The summed E-state index contributed by atoms with van der Waals surface area (Å²) in [6, 6.07) is 3.63. The number of nitrogens with zero attached hydrogens (tertiary/aromatic N) is 2. The predicted octanol–water partition coefficient (Wildman–Crippen LogP) is 7.54. The van der Waals surface area contributed by atoms with Crippen LogP contribution in [-0.2, 0) is 20.7 Å². The van der Waals surface area contributed by atoms with Gasteiger partial charge in [0.2, 0.25) is 0 Å². The van der Waals surface area contributed by atoms with Crippen LogP contribution in [0.2, 0.25) is 0 Å². The van der Waals surface area contributed by atoms with Crippen molar-refractivity contribution in [2.45, 2.75) is 105 Å². The van der Waals surface area contributed by atoms with Crippen molar-refractivity contribution >= 4 is 5.97 Å². The first-order valence-electron chi connectivity index (χ1n) is 14.0. The van der Waals surface area contributed by atoms with E-state index in [1.165, 1.54) is 64.9 Å². The summed E-state index contributed by atoms with van der Waals surface area (Å²) in [6.07, 6.45) is 12.7. The molecule has 0 aliphatic carbocycles. The lowest BCUT2D eigenvalue weighted by molar-refractivity contribution is -0.143. The molecule has 38 heavy (non-hydrogen) atoms. The van der Waals surface area contributed by atoms with E-state index in [2.05, 4.69) is 46.5 Å². The van der Waals surface area contributed by atoms with E-state index in [-0.39, 0.29) is 16.8 Å². The molecule has 0 fully saturated rings. The molecule has 2 unspecified atom stereocenters. The number of halogens is 1. The van der Waals surface area contributed by atoms with Crippen LogP contribution in [0.25, 0.3) is 0 Å². The fourth-order valence-electron chi connectivity index (χ4n) is 5.60. The van der Waals surface area contributed by atoms with E-state index in [0.717, 1.165) is 12.1 Å². The Morgan fingerprint density at radius 2 is 1.74 bits per heavy atom. The van der Waals surface area contributed by atoms with E-state index in [4.69, 9.17) is 14.2 Å². The number of unbranched alkanes of at least 4 members (excludes halogenated alkanes) is 5. The number of hydrogen-bond acceptors (Lipinski definition) is 5. The van der Waals surface area contributed by atoms with Gasteiger partial charge < -0.3 is 18.8 Å². The fourth-order valence-corrected chi connectivity index (χ4v) is 5.60. The first-order valence-corrected chi connectivity index (χ1v) is 14.0. The monoisotopic (exact) mass is 532 g/mol. The molecule has 1 heterocycles. The summed E-state index contributed by atoms with van der Waals surface area (Å²) in [6.45, 7) is 14.0. The van der Waals surface area contributed by atoms with Crippen molar-refractivity contribution in [2.24, 2.45) is 11.3 Å². The highest BCUT2D eigenvalue weighted by molar-refractivity contribution is 5.78. The number of rotatable bonds is 16. The maximum Gasteiger partial charge on any atom is 0.333 e. The number of imidazole rings is 1. The number of methoxy groups -OCH3 is 2. The SMILES string of the molecule is CCCCCCCCC(C(C)(C)C)C(C)(C)OCCc1cncn1C(C(=O)OC)c1ccc(OC)c(F)c1. The van der Waals surface area contributed by atoms with Crippen LogP contribution in [0, 0.1) is 17.2 Å². The van der Waals surface area contributed by atoms with Gasteiger partial charge in [0.05, 0.1) is 32.8 Å². The number of benzene rings is 1. The Kier molecular flexibility index (Phi) is 12.3. The minimum Gasteiger partial charge on any atom is -0.494 e. The molecule has 0 bridgehead atoms. The van der Waals surface area contributed by atoms with Crippen LogP contribution in [0.4, 0.5) is 4.39 Å². The van der Waals surface area contributed by atoms with Crippen LogP contribution in [-0.4, -0.2) is 41.9 Å². The second kappa shape index (κ2) is 14.7. The molecular weight excluding hydrogens is 483 g/mol. The molecule has 0 aliphatic rings. The Morgan fingerprint density at radius 1 is 1.05 bits per heavy atom. The van der Waals surface area contributed by atoms with Crippen LogP contribution < -0.4 is 4.74 Å². The van der Waals surface area contributed by atoms with Gasteiger partial charge in [-0.25, -0.2) is 14.2 Å². The summed E-state index contributed by atoms with van der Waals surface area (Å²) in [5.74, 6) is -0.518. The van der Waals surface area contributed by atoms with E-state index in [9.17, 15) is 9.18 Å². The zero-order chi connectivity index (χ0) is 28.3. The standard InChI is InChI=1S/C31H49FN2O4/c1-9-10-11-12-13-14-15-27(30(2,3)4)31(5,6)38-19-18-24-21-33-22-34(24)28(29(35)37-8)23-16-17-26(36-7)25(32)20-23/h16-17,20-22,27-28H,9-15,18-19H2,1-8H3. The predicted molar refractivity (Wildman–Crippen MR) is 150 cm³/mol. The van der Waals surface area contributed by atoms with Gasteiger partial charge in [0.15, 0.2) is 17.6 Å². The molecule has 0 saturated heterocycles.